The van der Waals surface area contributed by atoms with E-state index < -0.39 is 0 Å². The van der Waals surface area contributed by atoms with Gasteiger partial charge in [0.1, 0.15) is 0 Å². The van der Waals surface area contributed by atoms with Crippen LogP contribution in [0.2, 0.25) is 0 Å². The third-order valence-corrected chi connectivity index (χ3v) is 4.66. The van der Waals surface area contributed by atoms with Crippen LogP contribution in [0.1, 0.15) is 30.2 Å². The smallest absolute Gasteiger partial charge is 0.191 e. The maximum Gasteiger partial charge on any atom is 0.191 e. The van der Waals surface area contributed by atoms with E-state index in [9.17, 15) is 0 Å². The number of aromatic nitrogens is 1. The molecular formula is C21H30IN5. The van der Waals surface area contributed by atoms with Gasteiger partial charge in [-0.3, -0.25) is 4.98 Å². The number of hydrogen-bond acceptors (Lipinski definition) is 3. The summed E-state index contributed by atoms with van der Waals surface area (Å²) in [4.78, 5) is 11.4. The predicted molar refractivity (Wildman–Crippen MR) is 124 cm³/mol. The van der Waals surface area contributed by atoms with Crippen LogP contribution in [0, 0.1) is 0 Å². The fourth-order valence-corrected chi connectivity index (χ4v) is 3.30. The van der Waals surface area contributed by atoms with Crippen LogP contribution in [0.5, 0.6) is 0 Å². The Morgan fingerprint density at radius 1 is 1.22 bits per heavy atom. The number of hydrogen-bond donors (Lipinski definition) is 2. The number of halogens is 1. The molecular weight excluding hydrogens is 449 g/mol. The van der Waals surface area contributed by atoms with E-state index in [4.69, 9.17) is 4.99 Å². The van der Waals surface area contributed by atoms with Gasteiger partial charge in [0.15, 0.2) is 5.96 Å². The third-order valence-electron chi connectivity index (χ3n) is 4.66. The molecule has 2 heterocycles. The molecule has 0 aliphatic carbocycles. The van der Waals surface area contributed by atoms with E-state index in [1.807, 2.05) is 18.3 Å². The number of fused-ring (bicyclic) bond motifs is 1. The van der Waals surface area contributed by atoms with Crippen LogP contribution in [0.3, 0.4) is 0 Å². The second-order valence-corrected chi connectivity index (χ2v) is 6.68. The van der Waals surface area contributed by atoms with Crippen LogP contribution in [0.25, 0.3) is 0 Å². The molecule has 0 fully saturated rings. The van der Waals surface area contributed by atoms with Gasteiger partial charge in [0.2, 0.25) is 0 Å². The fraction of sp³-hybridized carbons (Fsp3) is 0.429. The number of benzene rings is 1. The van der Waals surface area contributed by atoms with Crippen molar-refractivity contribution in [1.82, 2.24) is 15.6 Å². The lowest BCUT2D eigenvalue weighted by Gasteiger charge is -2.27. The average molecular weight is 479 g/mol. The number of aryl methyl sites for hydroxylation is 1. The predicted octanol–water partition coefficient (Wildman–Crippen LogP) is 3.38. The highest BCUT2D eigenvalue weighted by Gasteiger charge is 2.13. The maximum absolute atomic E-state index is 4.74. The molecule has 0 spiro atoms. The molecule has 2 aromatic rings. The van der Waals surface area contributed by atoms with E-state index in [0.717, 1.165) is 37.7 Å². The summed E-state index contributed by atoms with van der Waals surface area (Å²) >= 11 is 0. The highest BCUT2D eigenvalue weighted by atomic mass is 127. The van der Waals surface area contributed by atoms with Crippen molar-refractivity contribution >= 4 is 35.6 Å². The Hall–Kier alpha value is -1.83. The molecule has 0 amide bonds. The Balaban J connectivity index is 0.00000261. The maximum atomic E-state index is 4.74. The summed E-state index contributed by atoms with van der Waals surface area (Å²) in [5.41, 5.74) is 5.17. The molecule has 1 aromatic heterocycles. The Morgan fingerprint density at radius 2 is 2.11 bits per heavy atom. The first kappa shape index (κ1) is 21.5. The molecule has 27 heavy (non-hydrogen) atoms. The molecule has 3 rings (SSSR count). The van der Waals surface area contributed by atoms with E-state index in [0.29, 0.717) is 6.54 Å². The van der Waals surface area contributed by atoms with Crippen molar-refractivity contribution in [2.75, 3.05) is 31.6 Å². The summed E-state index contributed by atoms with van der Waals surface area (Å²) in [5.74, 6) is 0.860. The highest BCUT2D eigenvalue weighted by Crippen LogP contribution is 2.26. The first-order chi connectivity index (χ1) is 12.8. The lowest BCUT2D eigenvalue weighted by Crippen LogP contribution is -2.38. The summed E-state index contributed by atoms with van der Waals surface area (Å²) in [7, 11) is 2.17. The Kier molecular flexibility index (Phi) is 8.84. The molecule has 0 saturated carbocycles. The minimum atomic E-state index is 0. The minimum Gasteiger partial charge on any atom is -0.374 e. The lowest BCUT2D eigenvalue weighted by molar-refractivity contribution is 0.742. The van der Waals surface area contributed by atoms with Crippen LogP contribution in [0.15, 0.2) is 47.6 Å². The lowest BCUT2D eigenvalue weighted by atomic mass is 10.00. The summed E-state index contributed by atoms with van der Waals surface area (Å²) in [5, 5.41) is 6.72. The number of pyridine rings is 1. The van der Waals surface area contributed by atoms with Gasteiger partial charge in [0.25, 0.3) is 0 Å². The SMILES string of the molecule is CCNC(=NCc1ccc2c(c1)CCCN2C)NCCc1ccccn1.I. The number of aliphatic imine (C=N–C) groups is 1. The minimum absolute atomic E-state index is 0. The van der Waals surface area contributed by atoms with Crippen molar-refractivity contribution in [2.24, 2.45) is 4.99 Å². The van der Waals surface area contributed by atoms with Crippen molar-refractivity contribution in [1.29, 1.82) is 0 Å². The normalized spacial score (nSPS) is 13.6. The van der Waals surface area contributed by atoms with Crippen LogP contribution in [-0.4, -0.2) is 37.6 Å². The van der Waals surface area contributed by atoms with Gasteiger partial charge in [0, 0.05) is 50.7 Å². The van der Waals surface area contributed by atoms with Crippen molar-refractivity contribution < 1.29 is 0 Å². The standard InChI is InChI=1S/C21H29N5.HI/c1-3-22-21(24-13-11-19-8-4-5-12-23-19)25-16-17-9-10-20-18(15-17)7-6-14-26(20)2;/h4-5,8-10,12,15H,3,6-7,11,13-14,16H2,1-2H3,(H2,22,24,25);1H. The fourth-order valence-electron chi connectivity index (χ4n) is 3.30. The topological polar surface area (TPSA) is 52.6 Å². The zero-order valence-corrected chi connectivity index (χ0v) is 18.6. The van der Waals surface area contributed by atoms with Crippen LogP contribution >= 0.6 is 24.0 Å². The molecule has 1 aromatic carbocycles. The van der Waals surface area contributed by atoms with Gasteiger partial charge in [-0.05, 0) is 49.1 Å². The van der Waals surface area contributed by atoms with Gasteiger partial charge in [-0.2, -0.15) is 0 Å². The monoisotopic (exact) mass is 479 g/mol. The molecule has 1 aliphatic heterocycles. The van der Waals surface area contributed by atoms with E-state index in [-0.39, 0.29) is 24.0 Å². The summed E-state index contributed by atoms with van der Waals surface area (Å²) in [6, 6.07) is 12.8. The van der Waals surface area contributed by atoms with Crippen LogP contribution in [-0.2, 0) is 19.4 Å². The van der Waals surface area contributed by atoms with Crippen molar-refractivity contribution in [3.8, 4) is 0 Å². The number of nitrogens with zero attached hydrogens (tertiary/aromatic N) is 3. The number of guanidine groups is 1. The van der Waals surface area contributed by atoms with E-state index in [1.54, 1.807) is 0 Å². The first-order valence-corrected chi connectivity index (χ1v) is 9.51. The number of anilines is 1. The summed E-state index contributed by atoms with van der Waals surface area (Å²) < 4.78 is 0. The van der Waals surface area contributed by atoms with Crippen molar-refractivity contribution in [3.63, 3.8) is 0 Å². The summed E-state index contributed by atoms with van der Waals surface area (Å²) in [6.07, 6.45) is 5.12. The van der Waals surface area contributed by atoms with Gasteiger partial charge >= 0.3 is 0 Å². The molecule has 2 N–H and O–H groups in total. The summed E-state index contributed by atoms with van der Waals surface area (Å²) in [6.45, 7) is 5.60. The molecule has 5 nitrogen and oxygen atoms in total. The quantitative estimate of drug-likeness (QED) is 0.379. The zero-order chi connectivity index (χ0) is 18.2. The van der Waals surface area contributed by atoms with Gasteiger partial charge in [-0.15, -0.1) is 24.0 Å². The van der Waals surface area contributed by atoms with E-state index in [2.05, 4.69) is 58.8 Å². The highest BCUT2D eigenvalue weighted by molar-refractivity contribution is 14.0. The second-order valence-electron chi connectivity index (χ2n) is 6.68. The van der Waals surface area contributed by atoms with Gasteiger partial charge < -0.3 is 15.5 Å². The number of rotatable bonds is 6. The van der Waals surface area contributed by atoms with Gasteiger partial charge in [0.05, 0.1) is 6.54 Å². The molecule has 1 aliphatic rings. The van der Waals surface area contributed by atoms with Crippen molar-refractivity contribution in [3.05, 3.63) is 59.4 Å². The van der Waals surface area contributed by atoms with Crippen LogP contribution < -0.4 is 15.5 Å². The van der Waals surface area contributed by atoms with Crippen molar-refractivity contribution in [2.45, 2.75) is 32.7 Å². The molecule has 146 valence electrons. The third kappa shape index (κ3) is 6.37. The van der Waals surface area contributed by atoms with Crippen LogP contribution in [0.4, 0.5) is 5.69 Å². The Bertz CT molecular complexity index is 733. The first-order valence-electron chi connectivity index (χ1n) is 9.51. The molecule has 0 radical (unpaired) electrons. The average Bonchev–Trinajstić information content (AvgIpc) is 2.67. The number of nitrogens with one attached hydrogen (secondary N) is 2. The largest absolute Gasteiger partial charge is 0.374 e. The van der Waals surface area contributed by atoms with E-state index in [1.165, 1.54) is 29.7 Å². The molecule has 0 saturated heterocycles. The molecule has 0 bridgehead atoms. The second kappa shape index (κ2) is 11.1. The van der Waals surface area contributed by atoms with Gasteiger partial charge in [-0.25, -0.2) is 4.99 Å². The molecule has 6 heteroatoms. The molecule has 0 unspecified atom stereocenters. The van der Waals surface area contributed by atoms with E-state index >= 15 is 0 Å². The molecule has 0 atom stereocenters. The van der Waals surface area contributed by atoms with Gasteiger partial charge in [-0.1, -0.05) is 18.2 Å². The Labute approximate surface area is 179 Å². The Morgan fingerprint density at radius 3 is 2.89 bits per heavy atom. The zero-order valence-electron chi connectivity index (χ0n) is 16.2.